The van der Waals surface area contributed by atoms with E-state index in [1.807, 2.05) is 31.2 Å². The van der Waals surface area contributed by atoms with E-state index >= 15 is 0 Å². The van der Waals surface area contributed by atoms with Gasteiger partial charge in [0.05, 0.1) is 22.7 Å². The summed E-state index contributed by atoms with van der Waals surface area (Å²) in [7, 11) is 0. The SMILES string of the molecule is Cc1nn(-c2cccc(Cl)c2)c2sc(C(=O)NCCNC(=O)Cc3ccc(F)cc3)cc12. The third-order valence-electron chi connectivity index (χ3n) is 4.83. The maximum Gasteiger partial charge on any atom is 0.261 e. The average Bonchev–Trinajstić information content (AvgIpc) is 3.33. The fourth-order valence-corrected chi connectivity index (χ4v) is 4.54. The zero-order valence-electron chi connectivity index (χ0n) is 17.2. The van der Waals surface area contributed by atoms with Gasteiger partial charge in [0.2, 0.25) is 5.91 Å². The maximum absolute atomic E-state index is 12.9. The Balaban J connectivity index is 1.34. The van der Waals surface area contributed by atoms with Crippen LogP contribution in [0.15, 0.2) is 54.6 Å². The highest BCUT2D eigenvalue weighted by Crippen LogP contribution is 2.30. The predicted molar refractivity (Wildman–Crippen MR) is 124 cm³/mol. The number of nitrogens with one attached hydrogen (secondary N) is 2. The number of aryl methyl sites for hydroxylation is 1. The normalized spacial score (nSPS) is 11.0. The van der Waals surface area contributed by atoms with Crippen LogP contribution in [0.25, 0.3) is 15.9 Å². The molecule has 0 aliphatic rings. The van der Waals surface area contributed by atoms with Crippen molar-refractivity contribution in [1.82, 2.24) is 20.4 Å². The molecule has 4 aromatic rings. The molecule has 0 spiro atoms. The molecule has 2 heterocycles. The number of fused-ring (bicyclic) bond motifs is 1. The number of thiophene rings is 1. The van der Waals surface area contributed by atoms with Crippen LogP contribution in [-0.2, 0) is 11.2 Å². The fourth-order valence-electron chi connectivity index (χ4n) is 3.26. The molecule has 4 rings (SSSR count). The first kappa shape index (κ1) is 22.0. The van der Waals surface area contributed by atoms with Crippen LogP contribution in [0.1, 0.15) is 20.9 Å². The Morgan fingerprint density at radius 3 is 2.59 bits per heavy atom. The first-order valence-electron chi connectivity index (χ1n) is 9.95. The summed E-state index contributed by atoms with van der Waals surface area (Å²) in [5.41, 5.74) is 2.37. The molecule has 0 fully saturated rings. The third kappa shape index (κ3) is 4.98. The van der Waals surface area contributed by atoms with Gasteiger partial charge in [-0.05, 0) is 48.9 Å². The highest BCUT2D eigenvalue weighted by Gasteiger charge is 2.17. The molecule has 2 aromatic heterocycles. The topological polar surface area (TPSA) is 76.0 Å². The van der Waals surface area contributed by atoms with Crippen molar-refractivity contribution in [2.45, 2.75) is 13.3 Å². The minimum atomic E-state index is -0.339. The van der Waals surface area contributed by atoms with E-state index in [-0.39, 0.29) is 24.1 Å². The minimum Gasteiger partial charge on any atom is -0.354 e. The Hall–Kier alpha value is -3.23. The lowest BCUT2D eigenvalue weighted by Gasteiger charge is -2.07. The number of rotatable bonds is 7. The van der Waals surface area contributed by atoms with Gasteiger partial charge in [-0.3, -0.25) is 9.59 Å². The number of carbonyl (C=O) groups is 2. The Morgan fingerprint density at radius 2 is 1.84 bits per heavy atom. The fraction of sp³-hybridized carbons (Fsp3) is 0.174. The van der Waals surface area contributed by atoms with Crippen LogP contribution in [-0.4, -0.2) is 34.7 Å². The Labute approximate surface area is 193 Å². The summed E-state index contributed by atoms with van der Waals surface area (Å²) in [4.78, 5) is 26.0. The highest BCUT2D eigenvalue weighted by molar-refractivity contribution is 7.20. The molecule has 2 N–H and O–H groups in total. The summed E-state index contributed by atoms with van der Waals surface area (Å²) in [6, 6.07) is 15.0. The van der Waals surface area contributed by atoms with Gasteiger partial charge in [0.15, 0.2) is 0 Å². The minimum absolute atomic E-state index is 0.157. The molecule has 9 heteroatoms. The lowest BCUT2D eigenvalue weighted by atomic mass is 10.1. The molecular weight excluding hydrogens is 451 g/mol. The van der Waals surface area contributed by atoms with Crippen molar-refractivity contribution in [3.63, 3.8) is 0 Å². The molecule has 0 aliphatic heterocycles. The smallest absolute Gasteiger partial charge is 0.261 e. The van der Waals surface area contributed by atoms with Crippen LogP contribution in [0.4, 0.5) is 4.39 Å². The molecule has 32 heavy (non-hydrogen) atoms. The predicted octanol–water partition coefficient (Wildman–Crippen LogP) is 4.28. The monoisotopic (exact) mass is 470 g/mol. The highest BCUT2D eigenvalue weighted by atomic mass is 35.5. The van der Waals surface area contributed by atoms with Gasteiger partial charge < -0.3 is 10.6 Å². The van der Waals surface area contributed by atoms with Crippen LogP contribution in [0.2, 0.25) is 5.02 Å². The summed E-state index contributed by atoms with van der Waals surface area (Å²) in [6.07, 6.45) is 0.157. The quantitative estimate of drug-likeness (QED) is 0.396. The van der Waals surface area contributed by atoms with Gasteiger partial charge in [0, 0.05) is 23.5 Å². The molecule has 0 saturated heterocycles. The van der Waals surface area contributed by atoms with E-state index in [0.29, 0.717) is 23.0 Å². The van der Waals surface area contributed by atoms with E-state index in [9.17, 15) is 14.0 Å². The Bertz CT molecular complexity index is 1280. The number of amides is 2. The van der Waals surface area contributed by atoms with Gasteiger partial charge >= 0.3 is 0 Å². The van der Waals surface area contributed by atoms with Crippen molar-refractivity contribution in [3.8, 4) is 5.69 Å². The van der Waals surface area contributed by atoms with Gasteiger partial charge in [-0.15, -0.1) is 11.3 Å². The molecule has 0 bridgehead atoms. The Kier molecular flexibility index (Phi) is 6.53. The molecule has 6 nitrogen and oxygen atoms in total. The lowest BCUT2D eigenvalue weighted by molar-refractivity contribution is -0.120. The van der Waals surface area contributed by atoms with E-state index in [2.05, 4.69) is 15.7 Å². The number of benzene rings is 2. The van der Waals surface area contributed by atoms with Gasteiger partial charge in [0.25, 0.3) is 5.91 Å². The van der Waals surface area contributed by atoms with Gasteiger partial charge in [-0.2, -0.15) is 5.10 Å². The van der Waals surface area contributed by atoms with Gasteiger partial charge in [-0.1, -0.05) is 29.8 Å². The standard InChI is InChI=1S/C23H20ClFN4O2S/c1-14-19-13-20(32-23(19)29(28-14)18-4-2-3-16(24)12-18)22(31)27-10-9-26-21(30)11-15-5-7-17(25)8-6-15/h2-8,12-13H,9-11H2,1H3,(H,26,30)(H,27,31). The molecule has 2 amide bonds. The van der Waals surface area contributed by atoms with Crippen LogP contribution in [0, 0.1) is 12.7 Å². The number of aromatic nitrogens is 2. The number of hydrogen-bond acceptors (Lipinski definition) is 4. The summed E-state index contributed by atoms with van der Waals surface area (Å²) in [5, 5.41) is 11.7. The van der Waals surface area contributed by atoms with E-state index in [1.54, 1.807) is 22.9 Å². The first-order valence-corrected chi connectivity index (χ1v) is 11.1. The van der Waals surface area contributed by atoms with Crippen LogP contribution < -0.4 is 10.6 Å². The van der Waals surface area contributed by atoms with E-state index in [4.69, 9.17) is 11.6 Å². The van der Waals surface area contributed by atoms with Crippen molar-refractivity contribution in [2.24, 2.45) is 0 Å². The molecular formula is C23H20ClFN4O2S. The van der Waals surface area contributed by atoms with Crippen molar-refractivity contribution in [2.75, 3.05) is 13.1 Å². The van der Waals surface area contributed by atoms with Crippen molar-refractivity contribution >= 4 is 45.0 Å². The summed E-state index contributed by atoms with van der Waals surface area (Å²) >= 11 is 7.45. The van der Waals surface area contributed by atoms with Crippen molar-refractivity contribution < 1.29 is 14.0 Å². The van der Waals surface area contributed by atoms with Crippen LogP contribution in [0.5, 0.6) is 0 Å². The largest absolute Gasteiger partial charge is 0.354 e. The molecule has 0 unspecified atom stereocenters. The summed E-state index contributed by atoms with van der Waals surface area (Å²) in [6.45, 7) is 2.49. The van der Waals surface area contributed by atoms with Crippen molar-refractivity contribution in [1.29, 1.82) is 0 Å². The third-order valence-corrected chi connectivity index (χ3v) is 6.18. The Morgan fingerprint density at radius 1 is 1.09 bits per heavy atom. The van der Waals surface area contributed by atoms with E-state index < -0.39 is 0 Å². The second kappa shape index (κ2) is 9.50. The zero-order chi connectivity index (χ0) is 22.7. The second-order valence-corrected chi connectivity index (χ2v) is 8.68. The lowest BCUT2D eigenvalue weighted by Crippen LogP contribution is -2.35. The van der Waals surface area contributed by atoms with Gasteiger partial charge in [-0.25, -0.2) is 9.07 Å². The molecule has 164 valence electrons. The number of carbonyl (C=O) groups excluding carboxylic acids is 2. The van der Waals surface area contributed by atoms with E-state index in [1.165, 1.54) is 23.5 Å². The summed E-state index contributed by atoms with van der Waals surface area (Å²) < 4.78 is 14.7. The second-order valence-electron chi connectivity index (χ2n) is 7.22. The van der Waals surface area contributed by atoms with Gasteiger partial charge in [0.1, 0.15) is 10.6 Å². The van der Waals surface area contributed by atoms with Crippen molar-refractivity contribution in [3.05, 3.63) is 81.6 Å². The number of halogens is 2. The molecule has 2 aromatic carbocycles. The number of hydrogen-bond donors (Lipinski definition) is 2. The van der Waals surface area contributed by atoms with Crippen LogP contribution in [0.3, 0.4) is 0 Å². The number of nitrogens with zero attached hydrogens (tertiary/aromatic N) is 2. The summed E-state index contributed by atoms with van der Waals surface area (Å²) in [5.74, 6) is -0.741. The van der Waals surface area contributed by atoms with Crippen LogP contribution >= 0.6 is 22.9 Å². The first-order chi connectivity index (χ1) is 15.4. The molecule has 0 radical (unpaired) electrons. The maximum atomic E-state index is 12.9. The average molecular weight is 471 g/mol. The van der Waals surface area contributed by atoms with E-state index in [0.717, 1.165) is 27.2 Å². The molecule has 0 aliphatic carbocycles. The zero-order valence-corrected chi connectivity index (χ0v) is 18.8. The molecule has 0 atom stereocenters. The molecule has 0 saturated carbocycles.